The van der Waals surface area contributed by atoms with Crippen molar-refractivity contribution in [2.75, 3.05) is 40.3 Å². The quantitative estimate of drug-likeness (QED) is 0.620. The van der Waals surface area contributed by atoms with Crippen LogP contribution in [0, 0.1) is 0 Å². The molecule has 0 aromatic heterocycles. The zero-order valence-corrected chi connectivity index (χ0v) is 15.3. The molecule has 2 rings (SSSR count). The number of rotatable bonds is 0. The molecular weight excluding hydrogens is 232 g/mol. The number of nitrogens with zero attached hydrogens (tertiary/aromatic N) is 2. The van der Waals surface area contributed by atoms with E-state index in [1.54, 1.807) is 0 Å². The second-order valence-corrected chi connectivity index (χ2v) is 4.37. The zero-order chi connectivity index (χ0) is 15.5. The Morgan fingerprint density at radius 2 is 0.632 bits per heavy atom. The van der Waals surface area contributed by atoms with Gasteiger partial charge in [-0.25, -0.2) is 0 Å². The first kappa shape index (κ1) is 24.0. The maximum Gasteiger partial charge on any atom is -0.00213 e. The van der Waals surface area contributed by atoms with Gasteiger partial charge in [-0.2, -0.15) is 0 Å². The first-order chi connectivity index (χ1) is 9.29. The largest absolute Gasteiger partial charge is 0.306 e. The molecular formula is C17H42N2. The van der Waals surface area contributed by atoms with Crippen molar-refractivity contribution in [3.63, 3.8) is 0 Å². The van der Waals surface area contributed by atoms with Crippen molar-refractivity contribution >= 4 is 0 Å². The molecule has 19 heavy (non-hydrogen) atoms. The van der Waals surface area contributed by atoms with E-state index in [-0.39, 0.29) is 0 Å². The van der Waals surface area contributed by atoms with Crippen LogP contribution >= 0.6 is 0 Å². The van der Waals surface area contributed by atoms with Crippen molar-refractivity contribution in [2.45, 2.75) is 73.6 Å². The lowest BCUT2D eigenvalue weighted by Gasteiger charge is -2.20. The van der Waals surface area contributed by atoms with Gasteiger partial charge in [0.25, 0.3) is 0 Å². The molecule has 2 heterocycles. The summed E-state index contributed by atoms with van der Waals surface area (Å²) in [5.74, 6) is 0. The highest BCUT2D eigenvalue weighted by atomic mass is 15.1. The van der Waals surface area contributed by atoms with Crippen LogP contribution in [-0.4, -0.2) is 50.1 Å². The van der Waals surface area contributed by atoms with Crippen LogP contribution in [0.3, 0.4) is 0 Å². The van der Waals surface area contributed by atoms with Crippen LogP contribution in [0.1, 0.15) is 73.6 Å². The molecule has 2 aliphatic heterocycles. The predicted octanol–water partition coefficient (Wildman–Crippen LogP) is 4.89. The van der Waals surface area contributed by atoms with Gasteiger partial charge in [0.05, 0.1) is 0 Å². The van der Waals surface area contributed by atoms with E-state index in [2.05, 4.69) is 23.9 Å². The highest BCUT2D eigenvalue weighted by Crippen LogP contribution is 2.04. The Hall–Kier alpha value is -0.0800. The lowest BCUT2D eigenvalue weighted by Crippen LogP contribution is -2.24. The van der Waals surface area contributed by atoms with Crippen molar-refractivity contribution < 1.29 is 0 Å². The summed E-state index contributed by atoms with van der Waals surface area (Å²) in [4.78, 5) is 4.75. The minimum Gasteiger partial charge on any atom is -0.306 e. The maximum atomic E-state index is 2.39. The Balaban J connectivity index is -0.000000195. The third-order valence-corrected chi connectivity index (χ3v) is 2.91. The van der Waals surface area contributed by atoms with Gasteiger partial charge in [0, 0.05) is 0 Å². The van der Waals surface area contributed by atoms with E-state index in [1.165, 1.54) is 58.3 Å². The molecule has 0 N–H and O–H groups in total. The molecule has 0 radical (unpaired) electrons. The van der Waals surface area contributed by atoms with Gasteiger partial charge in [-0.3, -0.25) is 0 Å². The first-order valence-corrected chi connectivity index (χ1v) is 8.66. The SMILES string of the molecule is CC.CC.CC.CN1CCCC1.CN1CCCCC1. The number of hydrogen-bond acceptors (Lipinski definition) is 2. The normalized spacial score (nSPS) is 18.3. The summed E-state index contributed by atoms with van der Waals surface area (Å²) in [6.07, 6.45) is 7.10. The van der Waals surface area contributed by atoms with Crippen molar-refractivity contribution in [1.29, 1.82) is 0 Å². The van der Waals surface area contributed by atoms with Gasteiger partial charge in [-0.05, 0) is 66.0 Å². The molecule has 0 bridgehead atoms. The van der Waals surface area contributed by atoms with Gasteiger partial charge in [0.2, 0.25) is 0 Å². The third kappa shape index (κ3) is 20.4. The smallest absolute Gasteiger partial charge is 0.00213 e. The van der Waals surface area contributed by atoms with Gasteiger partial charge in [0.15, 0.2) is 0 Å². The van der Waals surface area contributed by atoms with E-state index in [1.807, 2.05) is 41.5 Å². The van der Waals surface area contributed by atoms with Crippen LogP contribution in [-0.2, 0) is 0 Å². The Morgan fingerprint density at radius 1 is 0.421 bits per heavy atom. The monoisotopic (exact) mass is 274 g/mol. The Morgan fingerprint density at radius 3 is 0.737 bits per heavy atom. The molecule has 2 aliphatic rings. The average molecular weight is 275 g/mol. The molecule has 2 saturated heterocycles. The van der Waals surface area contributed by atoms with E-state index >= 15 is 0 Å². The van der Waals surface area contributed by atoms with Gasteiger partial charge >= 0.3 is 0 Å². The van der Waals surface area contributed by atoms with Crippen LogP contribution in [0.15, 0.2) is 0 Å². The Labute approximate surface area is 124 Å². The van der Waals surface area contributed by atoms with E-state index in [9.17, 15) is 0 Å². The highest BCUT2D eigenvalue weighted by Gasteiger charge is 2.03. The second-order valence-electron chi connectivity index (χ2n) is 4.37. The van der Waals surface area contributed by atoms with Crippen molar-refractivity contribution in [3.05, 3.63) is 0 Å². The Bertz CT molecular complexity index is 114. The van der Waals surface area contributed by atoms with E-state index in [0.29, 0.717) is 0 Å². The minimum absolute atomic E-state index is 1.32. The molecule has 0 aliphatic carbocycles. The fourth-order valence-electron chi connectivity index (χ4n) is 1.93. The van der Waals surface area contributed by atoms with Crippen LogP contribution in [0.5, 0.6) is 0 Å². The molecule has 0 unspecified atom stereocenters. The topological polar surface area (TPSA) is 6.48 Å². The average Bonchev–Trinajstić information content (AvgIpc) is 2.98. The molecule has 0 spiro atoms. The summed E-state index contributed by atoms with van der Waals surface area (Å²) in [6.45, 7) is 17.3. The fraction of sp³-hybridized carbons (Fsp3) is 1.00. The second kappa shape index (κ2) is 23.0. The van der Waals surface area contributed by atoms with Crippen LogP contribution in [0.25, 0.3) is 0 Å². The zero-order valence-electron chi connectivity index (χ0n) is 15.3. The van der Waals surface area contributed by atoms with Gasteiger partial charge in [0.1, 0.15) is 0 Å². The lowest BCUT2D eigenvalue weighted by atomic mass is 10.1. The summed E-state index contributed by atoms with van der Waals surface area (Å²) >= 11 is 0. The molecule has 2 heteroatoms. The number of piperidine rings is 1. The molecule has 2 fully saturated rings. The molecule has 0 saturated carbocycles. The summed E-state index contributed by atoms with van der Waals surface area (Å²) in [6, 6.07) is 0. The van der Waals surface area contributed by atoms with Crippen LogP contribution in [0.2, 0.25) is 0 Å². The Kier molecular flexibility index (Phi) is 29.1. The third-order valence-electron chi connectivity index (χ3n) is 2.91. The summed E-state index contributed by atoms with van der Waals surface area (Å²) in [5.41, 5.74) is 0. The van der Waals surface area contributed by atoms with Crippen molar-refractivity contribution in [1.82, 2.24) is 9.80 Å². The highest BCUT2D eigenvalue weighted by molar-refractivity contribution is 4.59. The lowest BCUT2D eigenvalue weighted by molar-refractivity contribution is 0.277. The van der Waals surface area contributed by atoms with Crippen LogP contribution in [0.4, 0.5) is 0 Å². The summed E-state index contributed by atoms with van der Waals surface area (Å²) in [5, 5.41) is 0. The predicted molar refractivity (Wildman–Crippen MR) is 92.1 cm³/mol. The molecule has 0 amide bonds. The summed E-state index contributed by atoms with van der Waals surface area (Å²) < 4.78 is 0. The van der Waals surface area contributed by atoms with E-state index < -0.39 is 0 Å². The van der Waals surface area contributed by atoms with Gasteiger partial charge in [-0.1, -0.05) is 48.0 Å². The fourth-order valence-corrected chi connectivity index (χ4v) is 1.93. The molecule has 120 valence electrons. The van der Waals surface area contributed by atoms with Crippen molar-refractivity contribution in [3.8, 4) is 0 Å². The standard InChI is InChI=1S/C6H13N.C5H11N.3C2H6/c1-7-5-3-2-4-6-7;1-6-4-2-3-5-6;3*1-2/h2-6H2,1H3;2-5H2,1H3;3*1-2H3. The van der Waals surface area contributed by atoms with Crippen LogP contribution < -0.4 is 0 Å². The molecule has 0 aromatic rings. The molecule has 2 nitrogen and oxygen atoms in total. The summed E-state index contributed by atoms with van der Waals surface area (Å²) in [7, 11) is 4.37. The molecule has 0 aromatic carbocycles. The number of hydrogen-bond donors (Lipinski definition) is 0. The van der Waals surface area contributed by atoms with E-state index in [4.69, 9.17) is 0 Å². The minimum atomic E-state index is 1.32. The maximum absolute atomic E-state index is 2.39. The number of likely N-dealkylation sites (tertiary alicyclic amines) is 2. The van der Waals surface area contributed by atoms with Gasteiger partial charge < -0.3 is 9.80 Å². The molecule has 0 atom stereocenters. The first-order valence-electron chi connectivity index (χ1n) is 8.66. The van der Waals surface area contributed by atoms with Gasteiger partial charge in [-0.15, -0.1) is 0 Å². The van der Waals surface area contributed by atoms with E-state index in [0.717, 1.165) is 0 Å². The van der Waals surface area contributed by atoms with Crippen molar-refractivity contribution in [2.24, 2.45) is 0 Å².